The molecule has 7 heteroatoms. The quantitative estimate of drug-likeness (QED) is 0.527. The second-order valence-corrected chi connectivity index (χ2v) is 5.53. The van der Waals surface area contributed by atoms with Crippen molar-refractivity contribution in [3.05, 3.63) is 61.3 Å². The lowest BCUT2D eigenvalue weighted by Gasteiger charge is -2.00. The van der Waals surface area contributed by atoms with E-state index in [-0.39, 0.29) is 11.3 Å². The van der Waals surface area contributed by atoms with Crippen LogP contribution in [0.5, 0.6) is 0 Å². The van der Waals surface area contributed by atoms with E-state index >= 15 is 0 Å². The van der Waals surface area contributed by atoms with Gasteiger partial charge in [0.05, 0.1) is 14.8 Å². The zero-order valence-electron chi connectivity index (χ0n) is 9.95. The lowest BCUT2D eigenvalue weighted by atomic mass is 10.1. The first kappa shape index (κ1) is 14.2. The molecular formula is C13H8ClNO4S. The Kier molecular flexibility index (Phi) is 4.16. The molecule has 20 heavy (non-hydrogen) atoms. The van der Waals surface area contributed by atoms with Gasteiger partial charge in [-0.25, -0.2) is 4.79 Å². The Bertz CT molecular complexity index is 708. The van der Waals surface area contributed by atoms with Crippen molar-refractivity contribution in [3.8, 4) is 0 Å². The molecule has 0 aliphatic rings. The normalized spacial score (nSPS) is 11.3. The maximum Gasteiger partial charge on any atom is 0.337 e. The topological polar surface area (TPSA) is 80.4 Å². The molecule has 102 valence electrons. The van der Waals surface area contributed by atoms with Gasteiger partial charge in [-0.15, -0.1) is 11.3 Å². The van der Waals surface area contributed by atoms with Crippen LogP contribution >= 0.6 is 22.9 Å². The highest BCUT2D eigenvalue weighted by molar-refractivity contribution is 7.17. The fraction of sp³-hybridized carbons (Fsp3) is 0. The number of benzene rings is 1. The van der Waals surface area contributed by atoms with Crippen molar-refractivity contribution in [1.29, 1.82) is 0 Å². The Hall–Kier alpha value is -2.18. The second-order valence-electron chi connectivity index (χ2n) is 3.82. The van der Waals surface area contributed by atoms with Gasteiger partial charge in [-0.3, -0.25) is 10.1 Å². The summed E-state index contributed by atoms with van der Waals surface area (Å²) in [5.41, 5.74) is 0.399. The number of hydrogen-bond acceptors (Lipinski definition) is 4. The molecule has 5 nitrogen and oxygen atoms in total. The molecule has 0 spiro atoms. The number of carboxylic acid groups (broad SMARTS) is 1. The molecule has 0 atom stereocenters. The molecule has 1 heterocycles. The lowest BCUT2D eigenvalue weighted by molar-refractivity contribution is -0.384. The van der Waals surface area contributed by atoms with Crippen LogP contribution in [0.1, 0.15) is 10.4 Å². The van der Waals surface area contributed by atoms with Gasteiger partial charge in [0.25, 0.3) is 5.69 Å². The Balaban J connectivity index is 2.46. The number of rotatable bonds is 4. The maximum absolute atomic E-state index is 11.3. The van der Waals surface area contributed by atoms with E-state index < -0.39 is 10.9 Å². The van der Waals surface area contributed by atoms with Crippen LogP contribution in [0.2, 0.25) is 4.34 Å². The largest absolute Gasteiger partial charge is 0.478 e. The summed E-state index contributed by atoms with van der Waals surface area (Å²) in [5, 5.41) is 19.9. The first-order valence-corrected chi connectivity index (χ1v) is 6.62. The van der Waals surface area contributed by atoms with Gasteiger partial charge in [-0.2, -0.15) is 0 Å². The van der Waals surface area contributed by atoms with Crippen molar-refractivity contribution in [3.63, 3.8) is 0 Å². The molecule has 2 rings (SSSR count). The van der Waals surface area contributed by atoms with E-state index in [2.05, 4.69) is 0 Å². The van der Waals surface area contributed by atoms with Crippen LogP contribution in [-0.2, 0) is 4.79 Å². The van der Waals surface area contributed by atoms with Gasteiger partial charge in [0, 0.05) is 17.0 Å². The fourth-order valence-electron chi connectivity index (χ4n) is 1.59. The lowest BCUT2D eigenvalue weighted by Crippen LogP contribution is -1.97. The van der Waals surface area contributed by atoms with Crippen molar-refractivity contribution in [2.24, 2.45) is 0 Å². The molecule has 1 aromatic heterocycles. The van der Waals surface area contributed by atoms with Crippen molar-refractivity contribution in [1.82, 2.24) is 0 Å². The zero-order chi connectivity index (χ0) is 14.7. The van der Waals surface area contributed by atoms with E-state index in [1.807, 2.05) is 0 Å². The van der Waals surface area contributed by atoms with Gasteiger partial charge in [-0.05, 0) is 23.8 Å². The summed E-state index contributed by atoms with van der Waals surface area (Å²) < 4.78 is 0.478. The minimum absolute atomic E-state index is 0.0439. The number of hydrogen-bond donors (Lipinski definition) is 1. The van der Waals surface area contributed by atoms with Gasteiger partial charge >= 0.3 is 5.97 Å². The molecule has 0 saturated heterocycles. The highest BCUT2D eigenvalue weighted by Crippen LogP contribution is 2.29. The number of carboxylic acids is 1. The molecule has 1 aromatic carbocycles. The number of thiophene rings is 1. The van der Waals surface area contributed by atoms with Gasteiger partial charge < -0.3 is 5.11 Å². The van der Waals surface area contributed by atoms with Crippen LogP contribution < -0.4 is 0 Å². The highest BCUT2D eigenvalue weighted by Gasteiger charge is 2.14. The number of halogens is 1. The summed E-state index contributed by atoms with van der Waals surface area (Å²) in [6, 6.07) is 8.98. The number of carbonyl (C=O) groups is 1. The Morgan fingerprint density at radius 3 is 2.65 bits per heavy atom. The monoisotopic (exact) mass is 309 g/mol. The van der Waals surface area contributed by atoms with Crippen LogP contribution in [0, 0.1) is 10.1 Å². The molecule has 0 bridgehead atoms. The summed E-state index contributed by atoms with van der Waals surface area (Å²) >= 11 is 6.92. The SMILES string of the molecule is O=C(O)/C(=C\c1cccc([N+](=O)[O-])c1)c1ccc(Cl)s1. The molecule has 1 N–H and O–H groups in total. The molecule has 0 aliphatic heterocycles. The Morgan fingerprint density at radius 2 is 2.10 bits per heavy atom. The van der Waals surface area contributed by atoms with E-state index in [9.17, 15) is 20.0 Å². The zero-order valence-corrected chi connectivity index (χ0v) is 11.5. The molecule has 0 unspecified atom stereocenters. The molecule has 0 radical (unpaired) electrons. The third-order valence-corrected chi connectivity index (χ3v) is 3.73. The first-order chi connectivity index (χ1) is 9.47. The summed E-state index contributed by atoms with van der Waals surface area (Å²) in [5.74, 6) is -1.12. The number of nitro groups is 1. The minimum Gasteiger partial charge on any atom is -0.478 e. The number of non-ortho nitro benzene ring substituents is 1. The van der Waals surface area contributed by atoms with Gasteiger partial charge in [0.2, 0.25) is 0 Å². The average molecular weight is 310 g/mol. The Labute approximate surface area is 122 Å². The van der Waals surface area contributed by atoms with Crippen molar-refractivity contribution < 1.29 is 14.8 Å². The first-order valence-electron chi connectivity index (χ1n) is 5.42. The van der Waals surface area contributed by atoms with Gasteiger partial charge in [-0.1, -0.05) is 23.7 Å². The number of nitrogens with zero attached hydrogens (tertiary/aromatic N) is 1. The molecule has 2 aromatic rings. The molecule has 0 saturated carbocycles. The Morgan fingerprint density at radius 1 is 1.35 bits per heavy atom. The predicted molar refractivity (Wildman–Crippen MR) is 77.9 cm³/mol. The third kappa shape index (κ3) is 3.23. The van der Waals surface area contributed by atoms with E-state index in [0.29, 0.717) is 14.8 Å². The van der Waals surface area contributed by atoms with Crippen molar-refractivity contribution in [2.75, 3.05) is 0 Å². The molecule has 0 amide bonds. The molecule has 0 aliphatic carbocycles. The summed E-state index contributed by atoms with van der Waals surface area (Å²) in [7, 11) is 0. The molecular weight excluding hydrogens is 302 g/mol. The summed E-state index contributed by atoms with van der Waals surface area (Å²) in [6.07, 6.45) is 1.39. The van der Waals surface area contributed by atoms with Crippen LogP contribution in [-0.4, -0.2) is 16.0 Å². The van der Waals surface area contributed by atoms with Gasteiger partial charge in [0.1, 0.15) is 0 Å². The van der Waals surface area contributed by atoms with E-state index in [4.69, 9.17) is 11.6 Å². The average Bonchev–Trinajstić information content (AvgIpc) is 2.82. The highest BCUT2D eigenvalue weighted by atomic mass is 35.5. The minimum atomic E-state index is -1.12. The van der Waals surface area contributed by atoms with Crippen LogP contribution in [0.4, 0.5) is 5.69 Å². The number of aliphatic carboxylic acids is 1. The van der Waals surface area contributed by atoms with E-state index in [1.165, 1.54) is 24.3 Å². The second kappa shape index (κ2) is 5.85. The van der Waals surface area contributed by atoms with Crippen molar-refractivity contribution in [2.45, 2.75) is 0 Å². The smallest absolute Gasteiger partial charge is 0.337 e. The summed E-state index contributed by atoms with van der Waals surface area (Å²) in [6.45, 7) is 0. The fourth-order valence-corrected chi connectivity index (χ4v) is 2.64. The molecule has 0 fully saturated rings. The maximum atomic E-state index is 11.3. The summed E-state index contributed by atoms with van der Waals surface area (Å²) in [4.78, 5) is 22.0. The standard InChI is InChI=1S/C13H8ClNO4S/c14-12-5-4-11(20-12)10(13(16)17)7-8-2-1-3-9(6-8)15(18)19/h1-7H,(H,16,17)/b10-7-. The number of nitro benzene ring substituents is 1. The van der Waals surface area contributed by atoms with E-state index in [1.54, 1.807) is 18.2 Å². The van der Waals surface area contributed by atoms with Crippen LogP contribution in [0.25, 0.3) is 11.6 Å². The third-order valence-electron chi connectivity index (χ3n) is 2.46. The van der Waals surface area contributed by atoms with Crippen LogP contribution in [0.3, 0.4) is 0 Å². The predicted octanol–water partition coefficient (Wildman–Crippen LogP) is 3.93. The van der Waals surface area contributed by atoms with Gasteiger partial charge in [0.15, 0.2) is 0 Å². The van der Waals surface area contributed by atoms with Crippen molar-refractivity contribution >= 4 is 46.2 Å². The van der Waals surface area contributed by atoms with E-state index in [0.717, 1.165) is 11.3 Å². The van der Waals surface area contributed by atoms with Crippen LogP contribution in [0.15, 0.2) is 36.4 Å².